The fourth-order valence-corrected chi connectivity index (χ4v) is 3.03. The lowest BCUT2D eigenvalue weighted by atomic mass is 10.2. The number of carbonyl (C=O) groups excluding carboxylic acids is 2. The zero-order valence-electron chi connectivity index (χ0n) is 19.0. The van der Waals surface area contributed by atoms with Crippen molar-refractivity contribution >= 4 is 58.6 Å². The molecule has 0 atom stereocenters. The van der Waals surface area contributed by atoms with Gasteiger partial charge in [0.2, 0.25) is 5.91 Å². The minimum absolute atomic E-state index is 0. The van der Waals surface area contributed by atoms with E-state index in [0.29, 0.717) is 12.0 Å². The van der Waals surface area contributed by atoms with Gasteiger partial charge in [-0.3, -0.25) is 14.9 Å². The van der Waals surface area contributed by atoms with Gasteiger partial charge >= 0.3 is 0 Å². The van der Waals surface area contributed by atoms with Crippen molar-refractivity contribution in [3.8, 4) is 0 Å². The van der Waals surface area contributed by atoms with E-state index < -0.39 is 0 Å². The maximum absolute atomic E-state index is 12.3. The van der Waals surface area contributed by atoms with Gasteiger partial charge in [0.05, 0.1) is 0 Å². The summed E-state index contributed by atoms with van der Waals surface area (Å²) in [4.78, 5) is 28.4. The van der Waals surface area contributed by atoms with Crippen molar-refractivity contribution < 1.29 is 9.59 Å². The molecule has 2 aromatic carbocycles. The molecular formula is C23H32ClN5O2S. The van der Waals surface area contributed by atoms with Crippen LogP contribution in [0.2, 0.25) is 0 Å². The topological polar surface area (TPSA) is 76.7 Å². The first-order chi connectivity index (χ1) is 14.7. The predicted octanol–water partition coefficient (Wildman–Crippen LogP) is 3.97. The molecule has 0 aliphatic heterocycles. The van der Waals surface area contributed by atoms with Crippen LogP contribution in [0.1, 0.15) is 29.6 Å². The van der Waals surface area contributed by atoms with Gasteiger partial charge in [0.15, 0.2) is 5.11 Å². The summed E-state index contributed by atoms with van der Waals surface area (Å²) in [5.41, 5.74) is 2.98. The number of nitrogens with one attached hydrogen (secondary N) is 3. The quantitative estimate of drug-likeness (QED) is 0.374. The molecule has 0 bridgehead atoms. The lowest BCUT2D eigenvalue weighted by Crippen LogP contribution is -2.34. The number of anilines is 3. The third-order valence-corrected chi connectivity index (χ3v) is 4.76. The zero-order valence-corrected chi connectivity index (χ0v) is 20.6. The Kier molecular flexibility index (Phi) is 11.7. The van der Waals surface area contributed by atoms with Gasteiger partial charge in [0, 0.05) is 43.1 Å². The maximum Gasteiger partial charge on any atom is 0.257 e. The highest BCUT2D eigenvalue weighted by Crippen LogP contribution is 2.15. The molecule has 0 unspecified atom stereocenters. The molecule has 0 aliphatic carbocycles. The molecule has 2 rings (SSSR count). The van der Waals surface area contributed by atoms with Crippen molar-refractivity contribution in [3.05, 3.63) is 54.1 Å². The fourth-order valence-electron chi connectivity index (χ4n) is 2.82. The SMILES string of the molecule is CN(C)CCCCC(=O)Nc1ccc(NC(=S)NC(=O)c2ccc(N(C)C)cc2)cc1.Cl. The molecule has 2 amide bonds. The van der Waals surface area contributed by atoms with Crippen LogP contribution in [0.4, 0.5) is 17.1 Å². The van der Waals surface area contributed by atoms with Crippen LogP contribution in [0.3, 0.4) is 0 Å². The van der Waals surface area contributed by atoms with Crippen LogP contribution < -0.4 is 20.9 Å². The number of rotatable bonds is 9. The van der Waals surface area contributed by atoms with Gasteiger partial charge in [-0.1, -0.05) is 0 Å². The van der Waals surface area contributed by atoms with Gasteiger partial charge in [0.25, 0.3) is 5.91 Å². The second-order valence-corrected chi connectivity index (χ2v) is 8.14. The van der Waals surface area contributed by atoms with Crippen LogP contribution in [0.25, 0.3) is 0 Å². The fraction of sp³-hybridized carbons (Fsp3) is 0.348. The first-order valence-electron chi connectivity index (χ1n) is 10.2. The molecule has 32 heavy (non-hydrogen) atoms. The van der Waals surface area contributed by atoms with Crippen molar-refractivity contribution in [1.29, 1.82) is 0 Å². The first kappa shape index (κ1) is 27.4. The Labute approximate surface area is 202 Å². The van der Waals surface area contributed by atoms with E-state index in [0.717, 1.165) is 36.4 Å². The summed E-state index contributed by atoms with van der Waals surface area (Å²) in [5.74, 6) is -0.275. The highest BCUT2D eigenvalue weighted by molar-refractivity contribution is 7.80. The van der Waals surface area contributed by atoms with Gasteiger partial charge in [-0.25, -0.2) is 0 Å². The summed E-state index contributed by atoms with van der Waals surface area (Å²) in [6, 6.07) is 14.4. The molecule has 174 valence electrons. The van der Waals surface area contributed by atoms with E-state index in [1.54, 1.807) is 36.4 Å². The van der Waals surface area contributed by atoms with E-state index in [1.807, 2.05) is 45.2 Å². The highest BCUT2D eigenvalue weighted by Gasteiger charge is 2.09. The summed E-state index contributed by atoms with van der Waals surface area (Å²) in [7, 11) is 7.93. The molecule has 0 saturated carbocycles. The third-order valence-electron chi connectivity index (χ3n) is 4.56. The standard InChI is InChI=1S/C23H31N5O2S.ClH/c1-27(2)16-6-5-7-21(29)24-18-10-12-19(13-11-18)25-23(31)26-22(30)17-8-14-20(15-9-17)28(3)4;/h8-15H,5-7,16H2,1-4H3,(H,24,29)(H2,25,26,30,31);1H. The summed E-state index contributed by atoms with van der Waals surface area (Å²) < 4.78 is 0. The Morgan fingerprint density at radius 2 is 1.41 bits per heavy atom. The van der Waals surface area contributed by atoms with Gasteiger partial charge < -0.3 is 20.4 Å². The van der Waals surface area contributed by atoms with E-state index in [-0.39, 0.29) is 29.3 Å². The largest absolute Gasteiger partial charge is 0.378 e. The van der Waals surface area contributed by atoms with E-state index in [9.17, 15) is 9.59 Å². The van der Waals surface area contributed by atoms with Crippen LogP contribution in [-0.4, -0.2) is 56.6 Å². The van der Waals surface area contributed by atoms with E-state index in [1.165, 1.54) is 0 Å². The molecule has 0 radical (unpaired) electrons. The molecule has 0 spiro atoms. The lowest BCUT2D eigenvalue weighted by molar-refractivity contribution is -0.116. The normalized spacial score (nSPS) is 10.2. The molecule has 0 heterocycles. The number of amides is 2. The summed E-state index contributed by atoms with van der Waals surface area (Å²) in [6.45, 7) is 0.978. The maximum atomic E-state index is 12.3. The van der Waals surface area contributed by atoms with Gasteiger partial charge in [-0.05, 0) is 94.2 Å². The van der Waals surface area contributed by atoms with Crippen molar-refractivity contribution in [2.24, 2.45) is 0 Å². The number of unbranched alkanes of at least 4 members (excludes halogenated alkanes) is 1. The number of nitrogens with zero attached hydrogens (tertiary/aromatic N) is 2. The Morgan fingerprint density at radius 1 is 0.844 bits per heavy atom. The minimum Gasteiger partial charge on any atom is -0.378 e. The number of thiocarbonyl (C=S) groups is 1. The predicted molar refractivity (Wildman–Crippen MR) is 139 cm³/mol. The zero-order chi connectivity index (χ0) is 22.8. The number of hydrogen-bond donors (Lipinski definition) is 3. The smallest absolute Gasteiger partial charge is 0.257 e. The van der Waals surface area contributed by atoms with Crippen molar-refractivity contribution in [1.82, 2.24) is 10.2 Å². The molecular weight excluding hydrogens is 446 g/mol. The highest BCUT2D eigenvalue weighted by atomic mass is 35.5. The minimum atomic E-state index is -0.277. The monoisotopic (exact) mass is 477 g/mol. The molecule has 0 saturated heterocycles. The van der Waals surface area contributed by atoms with E-state index in [4.69, 9.17) is 12.2 Å². The number of halogens is 1. The van der Waals surface area contributed by atoms with Crippen molar-refractivity contribution in [3.63, 3.8) is 0 Å². The number of benzene rings is 2. The molecule has 2 aromatic rings. The molecule has 0 aliphatic rings. The first-order valence-corrected chi connectivity index (χ1v) is 10.6. The summed E-state index contributed by atoms with van der Waals surface area (Å²) in [6.07, 6.45) is 2.35. The number of hydrogen-bond acceptors (Lipinski definition) is 5. The second-order valence-electron chi connectivity index (χ2n) is 7.74. The Balaban J connectivity index is 0.00000512. The molecule has 9 heteroatoms. The van der Waals surface area contributed by atoms with Crippen LogP contribution in [0.5, 0.6) is 0 Å². The van der Waals surface area contributed by atoms with Crippen LogP contribution in [-0.2, 0) is 4.79 Å². The molecule has 7 nitrogen and oxygen atoms in total. The van der Waals surface area contributed by atoms with Crippen LogP contribution in [0, 0.1) is 0 Å². The van der Waals surface area contributed by atoms with E-state index >= 15 is 0 Å². The molecule has 0 aromatic heterocycles. The van der Waals surface area contributed by atoms with Gasteiger partial charge in [-0.2, -0.15) is 0 Å². The Hall–Kier alpha value is -2.68. The van der Waals surface area contributed by atoms with Crippen LogP contribution >= 0.6 is 24.6 Å². The summed E-state index contributed by atoms with van der Waals surface area (Å²) in [5, 5.41) is 8.75. The Morgan fingerprint density at radius 3 is 1.94 bits per heavy atom. The van der Waals surface area contributed by atoms with Crippen molar-refractivity contribution in [2.45, 2.75) is 19.3 Å². The average Bonchev–Trinajstić information content (AvgIpc) is 2.72. The van der Waals surface area contributed by atoms with Crippen LogP contribution in [0.15, 0.2) is 48.5 Å². The third kappa shape index (κ3) is 9.64. The second kappa shape index (κ2) is 13.7. The van der Waals surface area contributed by atoms with E-state index in [2.05, 4.69) is 20.9 Å². The number of carbonyl (C=O) groups is 2. The average molecular weight is 478 g/mol. The molecule has 0 fully saturated rings. The van der Waals surface area contributed by atoms with Gasteiger partial charge in [0.1, 0.15) is 0 Å². The molecule has 3 N–H and O–H groups in total. The van der Waals surface area contributed by atoms with Gasteiger partial charge in [-0.15, -0.1) is 12.4 Å². The summed E-state index contributed by atoms with van der Waals surface area (Å²) >= 11 is 5.24. The lowest BCUT2D eigenvalue weighted by Gasteiger charge is -2.13. The Bertz CT molecular complexity index is 886. The van der Waals surface area contributed by atoms with Crippen molar-refractivity contribution in [2.75, 3.05) is 50.3 Å².